The van der Waals surface area contributed by atoms with E-state index in [9.17, 15) is 41.0 Å². The van der Waals surface area contributed by atoms with Gasteiger partial charge in [0.2, 0.25) is 11.9 Å². The summed E-state index contributed by atoms with van der Waals surface area (Å²) in [6, 6.07) is 5.90. The van der Waals surface area contributed by atoms with Gasteiger partial charge in [-0.1, -0.05) is 50.0 Å². The molecule has 54 heavy (non-hydrogen) atoms. The smallest absolute Gasteiger partial charge is 0.389 e. The van der Waals surface area contributed by atoms with Gasteiger partial charge in [0, 0.05) is 31.1 Å². The summed E-state index contributed by atoms with van der Waals surface area (Å²) in [5.74, 6) is -3.54. The maximum Gasteiger partial charge on any atom is 0.391 e. The number of alkyl halides is 6. The van der Waals surface area contributed by atoms with Crippen molar-refractivity contribution in [1.82, 2.24) is 20.2 Å². The third-order valence-corrected chi connectivity index (χ3v) is 10.8. The highest BCUT2D eigenvalue weighted by Crippen LogP contribution is 2.41. The number of anilines is 3. The normalized spacial score (nSPS) is 19.3. The number of aliphatic hydroxyl groups is 1. The molecule has 5 rings (SSSR count). The zero-order chi connectivity index (χ0) is 40.0. The van der Waals surface area contributed by atoms with Gasteiger partial charge in [-0.25, -0.2) is 4.98 Å². The third-order valence-electron chi connectivity index (χ3n) is 10.0. The summed E-state index contributed by atoms with van der Waals surface area (Å²) in [6.45, 7) is 8.58. The van der Waals surface area contributed by atoms with E-state index in [0.29, 0.717) is 22.3 Å². The van der Waals surface area contributed by atoms with E-state index in [4.69, 9.17) is 28.2 Å². The predicted octanol–water partition coefficient (Wildman–Crippen LogP) is 9.15. The number of halogens is 8. The van der Waals surface area contributed by atoms with Gasteiger partial charge in [-0.2, -0.15) is 26.3 Å². The molecule has 0 atom stereocenters. The second kappa shape index (κ2) is 15.6. The fourth-order valence-electron chi connectivity index (χ4n) is 6.92. The molecular weight excluding hydrogens is 761 g/mol. The van der Waals surface area contributed by atoms with Crippen molar-refractivity contribution in [3.05, 3.63) is 45.4 Å². The molecule has 4 N–H and O–H groups in total. The minimum Gasteiger partial charge on any atom is -0.389 e. The number of imidazole rings is 1. The predicted molar refractivity (Wildman–Crippen MR) is 197 cm³/mol. The van der Waals surface area contributed by atoms with Crippen LogP contribution in [0.2, 0.25) is 10.0 Å². The number of amides is 2. The van der Waals surface area contributed by atoms with Gasteiger partial charge >= 0.3 is 12.4 Å². The average Bonchev–Trinajstić information content (AvgIpc) is 3.38. The number of rotatable bonds is 9. The Labute approximate surface area is 320 Å². The van der Waals surface area contributed by atoms with E-state index >= 15 is 0 Å². The first kappa shape index (κ1) is 41.7. The molecule has 1 aliphatic heterocycles. The van der Waals surface area contributed by atoms with Crippen LogP contribution in [0.3, 0.4) is 0 Å². The monoisotopic (exact) mass is 806 g/mol. The van der Waals surface area contributed by atoms with Crippen molar-refractivity contribution in [3.63, 3.8) is 0 Å². The van der Waals surface area contributed by atoms with E-state index in [1.54, 1.807) is 62.3 Å². The van der Waals surface area contributed by atoms with Crippen molar-refractivity contribution in [2.24, 2.45) is 17.3 Å². The average molecular weight is 808 g/mol. The Balaban J connectivity index is 1.55. The molecule has 298 valence electrons. The molecule has 3 aromatic rings. The summed E-state index contributed by atoms with van der Waals surface area (Å²) in [5, 5.41) is 20.3. The van der Waals surface area contributed by atoms with Crippen LogP contribution in [0.1, 0.15) is 89.1 Å². The maximum atomic E-state index is 13.9. The molecule has 9 nitrogen and oxygen atoms in total. The van der Waals surface area contributed by atoms with E-state index in [0.717, 1.165) is 0 Å². The Hall–Kier alpha value is -3.43. The summed E-state index contributed by atoms with van der Waals surface area (Å²) in [7, 11) is 0. The van der Waals surface area contributed by atoms with Crippen LogP contribution < -0.4 is 20.9 Å². The van der Waals surface area contributed by atoms with E-state index in [-0.39, 0.29) is 97.9 Å². The largest absolute Gasteiger partial charge is 0.391 e. The molecule has 2 heterocycles. The fraction of sp³-hybridized carbons (Fsp3) is 0.595. The van der Waals surface area contributed by atoms with Crippen LogP contribution >= 0.6 is 23.2 Å². The lowest BCUT2D eigenvalue weighted by molar-refractivity contribution is -0.182. The second-order valence-electron chi connectivity index (χ2n) is 16.0. The van der Waals surface area contributed by atoms with Crippen molar-refractivity contribution in [1.29, 1.82) is 0 Å². The number of carbonyl (C=O) groups excluding carboxylic acids is 2. The van der Waals surface area contributed by atoms with Gasteiger partial charge in [-0.3, -0.25) is 9.59 Å². The molecule has 0 unspecified atom stereocenters. The summed E-state index contributed by atoms with van der Waals surface area (Å²) < 4.78 is 82.5. The summed E-state index contributed by atoms with van der Waals surface area (Å²) in [5.41, 5.74) is 0.0517. The number of nitrogens with one attached hydrogen (secondary N) is 3. The zero-order valence-electron chi connectivity index (χ0n) is 30.7. The van der Waals surface area contributed by atoms with Crippen LogP contribution in [0.4, 0.5) is 43.7 Å². The Morgan fingerprint density at radius 2 is 1.48 bits per heavy atom. The molecule has 1 saturated carbocycles. The summed E-state index contributed by atoms with van der Waals surface area (Å²) in [4.78, 5) is 32.9. The van der Waals surface area contributed by atoms with E-state index in [1.165, 1.54) is 6.07 Å². The highest BCUT2D eigenvalue weighted by Gasteiger charge is 2.43. The molecule has 1 aliphatic carbocycles. The lowest BCUT2D eigenvalue weighted by atomic mass is 9.85. The van der Waals surface area contributed by atoms with Crippen LogP contribution in [-0.2, 0) is 17.9 Å². The van der Waals surface area contributed by atoms with Gasteiger partial charge in [-0.15, -0.1) is 0 Å². The van der Waals surface area contributed by atoms with Gasteiger partial charge in [0.25, 0.3) is 5.91 Å². The molecule has 2 amide bonds. The Morgan fingerprint density at radius 3 is 2.04 bits per heavy atom. The zero-order valence-corrected chi connectivity index (χ0v) is 32.3. The fourth-order valence-corrected chi connectivity index (χ4v) is 7.45. The Bertz CT molecular complexity index is 1850. The standard InChI is InChI=1S/C37H46Cl2F6N6O3/c1-34(2,3)32(53)46-18-20-6-11-25(38)30(29(20)39)49-33-48-26-16-24(31(52)47-23-9-7-21(8-10-23)36(40,41)42)27(17-28(26)51(33)19-35(4,5)54)50-14-12-22(13-15-50)37(43,44)45/h6,11,16-17,21-23,54H,7-10,12-15,18-19H2,1-5H3,(H,46,53)(H,47,52)(H,48,49). The van der Waals surface area contributed by atoms with E-state index < -0.39 is 47.2 Å². The van der Waals surface area contributed by atoms with E-state index in [1.807, 2.05) is 0 Å². The molecule has 0 spiro atoms. The molecular formula is C37H46Cl2F6N6O3. The summed E-state index contributed by atoms with van der Waals surface area (Å²) >= 11 is 13.4. The SMILES string of the molecule is CC(C)(O)Cn1c(Nc2c(Cl)ccc(CNC(=O)C(C)(C)C)c2Cl)nc2cc(C(=O)NC3CCC(C(F)(F)F)CC3)c(N3CCC(C(F)(F)F)CC3)cc21. The van der Waals surface area contributed by atoms with Crippen molar-refractivity contribution in [2.75, 3.05) is 23.3 Å². The van der Waals surface area contributed by atoms with Crippen LogP contribution in [0.15, 0.2) is 24.3 Å². The Kier molecular flexibility index (Phi) is 12.1. The minimum absolute atomic E-state index is 0.00114. The first-order valence-electron chi connectivity index (χ1n) is 17.9. The van der Waals surface area contributed by atoms with Gasteiger partial charge in [0.05, 0.1) is 62.0 Å². The highest BCUT2D eigenvalue weighted by atomic mass is 35.5. The lowest BCUT2D eigenvalue weighted by Crippen LogP contribution is -2.42. The van der Waals surface area contributed by atoms with Crippen molar-refractivity contribution in [3.8, 4) is 0 Å². The molecule has 2 aromatic carbocycles. The minimum atomic E-state index is -4.37. The lowest BCUT2D eigenvalue weighted by Gasteiger charge is -2.35. The summed E-state index contributed by atoms with van der Waals surface area (Å²) in [6.07, 6.45) is -9.07. The first-order chi connectivity index (χ1) is 24.9. The highest BCUT2D eigenvalue weighted by molar-refractivity contribution is 6.39. The number of carbonyl (C=O) groups is 2. The van der Waals surface area contributed by atoms with E-state index in [2.05, 4.69) is 16.0 Å². The maximum absolute atomic E-state index is 13.9. The molecule has 1 saturated heterocycles. The number of aromatic nitrogens is 2. The third kappa shape index (κ3) is 9.86. The van der Waals surface area contributed by atoms with Crippen molar-refractivity contribution in [2.45, 2.75) is 110 Å². The van der Waals surface area contributed by atoms with Crippen LogP contribution in [0, 0.1) is 17.3 Å². The Morgan fingerprint density at radius 1 is 0.889 bits per heavy atom. The number of piperidine rings is 1. The molecule has 2 aliphatic rings. The number of fused-ring (bicyclic) bond motifs is 1. The number of hydrogen-bond acceptors (Lipinski definition) is 6. The van der Waals surface area contributed by atoms with Gasteiger partial charge < -0.3 is 30.5 Å². The van der Waals surface area contributed by atoms with Crippen molar-refractivity contribution >= 4 is 63.4 Å². The molecule has 1 aromatic heterocycles. The van der Waals surface area contributed by atoms with Gasteiger partial charge in [0.15, 0.2) is 0 Å². The quantitative estimate of drug-likeness (QED) is 0.161. The van der Waals surface area contributed by atoms with Gasteiger partial charge in [-0.05, 0) is 76.1 Å². The molecule has 2 fully saturated rings. The molecule has 17 heteroatoms. The number of benzene rings is 2. The van der Waals surface area contributed by atoms with Crippen molar-refractivity contribution < 1.29 is 41.0 Å². The van der Waals surface area contributed by atoms with Gasteiger partial charge in [0.1, 0.15) is 0 Å². The van der Waals surface area contributed by atoms with Crippen LogP contribution in [0.25, 0.3) is 11.0 Å². The topological polar surface area (TPSA) is 112 Å². The van der Waals surface area contributed by atoms with Crippen LogP contribution in [0.5, 0.6) is 0 Å². The van der Waals surface area contributed by atoms with Crippen LogP contribution in [-0.4, -0.2) is 63.6 Å². The molecule has 0 bridgehead atoms. The number of nitrogens with zero attached hydrogens (tertiary/aromatic N) is 3. The first-order valence-corrected chi connectivity index (χ1v) is 18.7. The number of hydrogen-bond donors (Lipinski definition) is 4. The second-order valence-corrected chi connectivity index (χ2v) is 16.8. The molecule has 0 radical (unpaired) electrons.